The van der Waals surface area contributed by atoms with Gasteiger partial charge in [0.25, 0.3) is 0 Å². The molecule has 1 aromatic carbocycles. The van der Waals surface area contributed by atoms with E-state index in [0.29, 0.717) is 30.1 Å². The molecule has 0 unspecified atom stereocenters. The first-order valence-corrected chi connectivity index (χ1v) is 10.6. The lowest BCUT2D eigenvalue weighted by Gasteiger charge is -2.33. The minimum absolute atomic E-state index is 0.0205. The summed E-state index contributed by atoms with van der Waals surface area (Å²) in [5.41, 5.74) is 0.821. The predicted molar refractivity (Wildman–Crippen MR) is 114 cm³/mol. The molecule has 7 nitrogen and oxygen atoms in total. The number of fused-ring (bicyclic) bond motifs is 1. The zero-order chi connectivity index (χ0) is 24.1. The lowest BCUT2D eigenvalue weighted by Crippen LogP contribution is -2.47. The third-order valence-electron chi connectivity index (χ3n) is 5.38. The summed E-state index contributed by atoms with van der Waals surface area (Å²) in [6.07, 6.45) is -6.56. The number of amides is 2. The Morgan fingerprint density at radius 3 is 2.66 bits per heavy atom. The van der Waals surface area contributed by atoms with Gasteiger partial charge in [-0.05, 0) is 39.2 Å². The summed E-state index contributed by atoms with van der Waals surface area (Å²) in [7, 11) is 3.84. The van der Waals surface area contributed by atoms with Crippen LogP contribution in [0.3, 0.4) is 0 Å². The van der Waals surface area contributed by atoms with E-state index in [4.69, 9.17) is 4.74 Å². The van der Waals surface area contributed by atoms with Gasteiger partial charge in [-0.1, -0.05) is 6.92 Å². The maximum atomic E-state index is 13.0. The van der Waals surface area contributed by atoms with Gasteiger partial charge < -0.3 is 25.0 Å². The molecule has 0 aromatic heterocycles. The maximum absolute atomic E-state index is 13.0. The van der Waals surface area contributed by atoms with E-state index in [1.807, 2.05) is 25.9 Å². The number of nitrogens with one attached hydrogen (secondary N) is 1. The van der Waals surface area contributed by atoms with E-state index < -0.39 is 24.9 Å². The summed E-state index contributed by atoms with van der Waals surface area (Å²) in [4.78, 5) is 28.6. The van der Waals surface area contributed by atoms with Gasteiger partial charge in [0.15, 0.2) is 0 Å². The highest BCUT2D eigenvalue weighted by molar-refractivity contribution is 5.91. The topological polar surface area (TPSA) is 82.1 Å². The van der Waals surface area contributed by atoms with Gasteiger partial charge in [0.1, 0.15) is 11.9 Å². The predicted octanol–water partition coefficient (Wildman–Crippen LogP) is 2.68. The number of aliphatic hydroxyl groups excluding tert-OH is 1. The fourth-order valence-corrected chi connectivity index (χ4v) is 3.56. The number of ether oxygens (including phenoxy) is 1. The zero-order valence-electron chi connectivity index (χ0n) is 18.9. The van der Waals surface area contributed by atoms with Crippen molar-refractivity contribution in [1.29, 1.82) is 0 Å². The lowest BCUT2D eigenvalue weighted by atomic mass is 10.0. The third-order valence-corrected chi connectivity index (χ3v) is 5.38. The molecule has 0 aliphatic carbocycles. The molecule has 0 saturated heterocycles. The summed E-state index contributed by atoms with van der Waals surface area (Å²) < 4.78 is 43.4. The number of rotatable bonds is 7. The molecule has 0 saturated carbocycles. The largest absolute Gasteiger partial charge is 0.488 e. The standard InChI is InChI=1S/C22H32F3N3O4/c1-14-11-28(15(2)13-29)21(31)10-16-9-17(26-20(30)7-8-22(23,24)25)5-6-18(16)32-19(14)12-27(3)4/h5-6,9,14-15,19,29H,7-8,10-13H2,1-4H3,(H,26,30)/t14-,15+,19-/m1/s1. The quantitative estimate of drug-likeness (QED) is 0.655. The molecule has 1 aromatic rings. The second-order valence-corrected chi connectivity index (χ2v) is 8.64. The van der Waals surface area contributed by atoms with Gasteiger partial charge >= 0.3 is 6.18 Å². The Morgan fingerprint density at radius 1 is 1.38 bits per heavy atom. The Kier molecular flexibility index (Phi) is 8.91. The van der Waals surface area contributed by atoms with Crippen LogP contribution in [0, 0.1) is 5.92 Å². The van der Waals surface area contributed by atoms with E-state index in [2.05, 4.69) is 5.32 Å². The summed E-state index contributed by atoms with van der Waals surface area (Å²) in [6.45, 7) is 4.58. The van der Waals surface area contributed by atoms with Crippen molar-refractivity contribution in [3.05, 3.63) is 23.8 Å². The monoisotopic (exact) mass is 459 g/mol. The number of likely N-dealkylation sites (N-methyl/N-ethyl adjacent to an activating group) is 1. The second kappa shape index (κ2) is 11.0. The first-order chi connectivity index (χ1) is 14.9. The highest BCUT2D eigenvalue weighted by atomic mass is 19.4. The summed E-state index contributed by atoms with van der Waals surface area (Å²) in [5.74, 6) is -0.492. The first-order valence-electron chi connectivity index (χ1n) is 10.6. The van der Waals surface area contributed by atoms with Crippen molar-refractivity contribution in [2.24, 2.45) is 5.92 Å². The number of nitrogens with zero attached hydrogens (tertiary/aromatic N) is 2. The minimum Gasteiger partial charge on any atom is -0.488 e. The number of aliphatic hydroxyl groups is 1. The molecule has 180 valence electrons. The number of hydrogen-bond acceptors (Lipinski definition) is 5. The van der Waals surface area contributed by atoms with E-state index in [9.17, 15) is 27.9 Å². The second-order valence-electron chi connectivity index (χ2n) is 8.64. The van der Waals surface area contributed by atoms with Crippen LogP contribution in [-0.2, 0) is 16.0 Å². The van der Waals surface area contributed by atoms with Crippen molar-refractivity contribution in [3.63, 3.8) is 0 Å². The number of hydrogen-bond donors (Lipinski definition) is 2. The highest BCUT2D eigenvalue weighted by Gasteiger charge is 2.31. The number of carbonyl (C=O) groups is 2. The molecule has 0 spiro atoms. The molecule has 0 fully saturated rings. The van der Waals surface area contributed by atoms with Crippen molar-refractivity contribution in [1.82, 2.24) is 9.80 Å². The molecule has 32 heavy (non-hydrogen) atoms. The van der Waals surface area contributed by atoms with Gasteiger partial charge in [0.2, 0.25) is 11.8 Å². The SMILES string of the molecule is C[C@@H]1CN([C@@H](C)CO)C(=O)Cc2cc(NC(=O)CCC(F)(F)F)ccc2O[C@@H]1CN(C)C. The van der Waals surface area contributed by atoms with Crippen LogP contribution in [0.4, 0.5) is 18.9 Å². The highest BCUT2D eigenvalue weighted by Crippen LogP contribution is 2.29. The van der Waals surface area contributed by atoms with Crippen LogP contribution in [0.2, 0.25) is 0 Å². The van der Waals surface area contributed by atoms with Crippen LogP contribution in [0.15, 0.2) is 18.2 Å². The number of halogens is 3. The Balaban J connectivity index is 2.31. The smallest absolute Gasteiger partial charge is 0.389 e. The number of anilines is 1. The fourth-order valence-electron chi connectivity index (χ4n) is 3.56. The Hall–Kier alpha value is -2.33. The summed E-state index contributed by atoms with van der Waals surface area (Å²) in [6, 6.07) is 4.36. The van der Waals surface area contributed by atoms with Crippen LogP contribution >= 0.6 is 0 Å². The van der Waals surface area contributed by atoms with Crippen molar-refractivity contribution < 1.29 is 32.6 Å². The van der Waals surface area contributed by atoms with Crippen molar-refractivity contribution in [2.75, 3.05) is 39.1 Å². The summed E-state index contributed by atoms with van der Waals surface area (Å²) >= 11 is 0. The molecule has 1 aliphatic rings. The van der Waals surface area contributed by atoms with Crippen LogP contribution in [-0.4, -0.2) is 78.8 Å². The van der Waals surface area contributed by atoms with E-state index in [1.165, 1.54) is 0 Å². The zero-order valence-corrected chi connectivity index (χ0v) is 18.9. The first kappa shape index (κ1) is 25.9. The van der Waals surface area contributed by atoms with Crippen LogP contribution < -0.4 is 10.1 Å². The molecular formula is C22H32F3N3O4. The maximum Gasteiger partial charge on any atom is 0.389 e. The van der Waals surface area contributed by atoms with Crippen molar-refractivity contribution in [2.45, 2.75) is 51.4 Å². The van der Waals surface area contributed by atoms with Gasteiger partial charge in [-0.15, -0.1) is 0 Å². The molecule has 1 aliphatic heterocycles. The molecule has 1 heterocycles. The number of carbonyl (C=O) groups excluding carboxylic acids is 2. The van der Waals surface area contributed by atoms with Crippen molar-refractivity contribution >= 4 is 17.5 Å². The molecule has 10 heteroatoms. The fraction of sp³-hybridized carbons (Fsp3) is 0.636. The van der Waals surface area contributed by atoms with Gasteiger partial charge in [0, 0.05) is 36.7 Å². The molecule has 2 N–H and O–H groups in total. The van der Waals surface area contributed by atoms with E-state index in [1.54, 1.807) is 30.0 Å². The van der Waals surface area contributed by atoms with Crippen LogP contribution in [0.25, 0.3) is 0 Å². The molecule has 2 amide bonds. The average molecular weight is 460 g/mol. The normalized spacial score (nSPS) is 20.7. The lowest BCUT2D eigenvalue weighted by molar-refractivity contribution is -0.142. The summed E-state index contributed by atoms with van der Waals surface area (Å²) in [5, 5.41) is 12.1. The molecular weight excluding hydrogens is 427 g/mol. The van der Waals surface area contributed by atoms with Crippen LogP contribution in [0.5, 0.6) is 5.75 Å². The number of alkyl halides is 3. The molecule has 0 radical (unpaired) electrons. The molecule has 2 rings (SSSR count). The Bertz CT molecular complexity index is 801. The van der Waals surface area contributed by atoms with E-state index in [-0.39, 0.29) is 37.0 Å². The Labute approximate surface area is 186 Å². The van der Waals surface area contributed by atoms with Crippen LogP contribution in [0.1, 0.15) is 32.3 Å². The molecule has 0 bridgehead atoms. The Morgan fingerprint density at radius 2 is 2.06 bits per heavy atom. The van der Waals surface area contributed by atoms with Gasteiger partial charge in [-0.3, -0.25) is 9.59 Å². The minimum atomic E-state index is -4.41. The van der Waals surface area contributed by atoms with Gasteiger partial charge in [0.05, 0.1) is 25.5 Å². The van der Waals surface area contributed by atoms with Crippen molar-refractivity contribution in [3.8, 4) is 5.75 Å². The third kappa shape index (κ3) is 7.67. The van der Waals surface area contributed by atoms with Gasteiger partial charge in [-0.25, -0.2) is 0 Å². The average Bonchev–Trinajstić information content (AvgIpc) is 2.73. The van der Waals surface area contributed by atoms with Gasteiger partial charge in [-0.2, -0.15) is 13.2 Å². The van der Waals surface area contributed by atoms with E-state index >= 15 is 0 Å². The van der Waals surface area contributed by atoms with E-state index in [0.717, 1.165) is 0 Å². The molecule has 3 atom stereocenters. The number of benzene rings is 1.